The van der Waals surface area contributed by atoms with Gasteiger partial charge in [0.25, 0.3) is 20.2 Å². The van der Waals surface area contributed by atoms with E-state index in [9.17, 15) is 52.3 Å². The molecular weight excluding hydrogens is 959 g/mol. The highest BCUT2D eigenvalue weighted by atomic mass is 35.5. The zero-order valence-corrected chi connectivity index (χ0v) is 36.9. The van der Waals surface area contributed by atoms with Crippen LogP contribution in [0.5, 0.6) is 5.75 Å². The number of aryl methyl sites for hydroxylation is 1. The predicted molar refractivity (Wildman–Crippen MR) is 224 cm³/mol. The molecule has 0 bridgehead atoms. The number of azo groups is 1. The van der Waals surface area contributed by atoms with Crippen molar-refractivity contribution in [2.75, 3.05) is 78.4 Å². The summed E-state index contributed by atoms with van der Waals surface area (Å²) in [6.45, 7) is 1.65. The van der Waals surface area contributed by atoms with Crippen molar-refractivity contribution in [2.24, 2.45) is 10.2 Å². The number of anilines is 6. The van der Waals surface area contributed by atoms with Gasteiger partial charge in [-0.25, -0.2) is 12.6 Å². The molecule has 32 heteroatoms. The Morgan fingerprint density at radius 3 is 2.25 bits per heavy atom. The minimum atomic E-state index is -4.98. The van der Waals surface area contributed by atoms with Gasteiger partial charge in [-0.15, -0.1) is 10.2 Å². The Balaban J connectivity index is 1.32. The van der Waals surface area contributed by atoms with E-state index in [1.807, 2.05) is 0 Å². The molecule has 0 amide bonds. The normalized spacial score (nSPS) is 14.0. The first-order chi connectivity index (χ1) is 29.8. The number of halogens is 2. The highest BCUT2D eigenvalue weighted by molar-refractivity contribution is 7.91. The Hall–Kier alpha value is -5.64. The molecule has 1 fully saturated rings. The minimum Gasteiger partial charge on any atom is -0.505 e. The fourth-order valence-corrected chi connectivity index (χ4v) is 8.65. The SMILES string of the molecule is Cc1cc2cc(S(=O)(=O)O)cc(Nc3nc(F)nc(N4CCOCC4)n3)c2c(O)c1N=Nc1cc(Nc2nc(Cl)nc(N(C)CCS(=O)(=O)CCOS(=O)(=O)O)n2)ccc1S(=O)(=O)O. The Morgan fingerprint density at radius 2 is 1.58 bits per heavy atom. The third kappa shape index (κ3) is 12.3. The number of ether oxygens (including phenoxy) is 1. The van der Waals surface area contributed by atoms with Crippen molar-refractivity contribution in [1.29, 1.82) is 0 Å². The van der Waals surface area contributed by atoms with Gasteiger partial charge in [0.15, 0.2) is 15.6 Å². The van der Waals surface area contributed by atoms with Crippen LogP contribution in [-0.4, -0.2) is 140 Å². The van der Waals surface area contributed by atoms with Crippen LogP contribution in [0.1, 0.15) is 5.56 Å². The Kier molecular flexibility index (Phi) is 14.1. The van der Waals surface area contributed by atoms with E-state index in [1.54, 1.807) is 4.90 Å². The fraction of sp³-hybridized carbons (Fsp3) is 0.312. The maximum Gasteiger partial charge on any atom is 0.397 e. The maximum atomic E-state index is 14.7. The molecule has 0 unspecified atom stereocenters. The summed E-state index contributed by atoms with van der Waals surface area (Å²) in [6.07, 6.45) is -1.20. The number of hydrogen-bond acceptors (Lipinski definition) is 23. The van der Waals surface area contributed by atoms with E-state index in [1.165, 1.54) is 31.0 Å². The zero-order chi connectivity index (χ0) is 46.8. The average molecular weight is 993 g/mol. The van der Waals surface area contributed by atoms with Gasteiger partial charge in [0, 0.05) is 37.8 Å². The number of sulfone groups is 1. The van der Waals surface area contributed by atoms with E-state index in [2.05, 4.69) is 54.9 Å². The highest BCUT2D eigenvalue weighted by Gasteiger charge is 2.24. The van der Waals surface area contributed by atoms with Crippen molar-refractivity contribution in [1.82, 2.24) is 29.9 Å². The topological polar surface area (TPSA) is 369 Å². The van der Waals surface area contributed by atoms with Crippen LogP contribution in [0.2, 0.25) is 5.28 Å². The molecule has 64 heavy (non-hydrogen) atoms. The van der Waals surface area contributed by atoms with E-state index < -0.39 is 91.8 Å². The van der Waals surface area contributed by atoms with Crippen LogP contribution >= 0.6 is 11.6 Å². The molecule has 6 N–H and O–H groups in total. The molecule has 3 aromatic carbocycles. The van der Waals surface area contributed by atoms with Crippen LogP contribution in [0, 0.1) is 13.0 Å². The number of aromatic nitrogens is 6. The molecule has 344 valence electrons. The first-order valence-electron chi connectivity index (χ1n) is 17.9. The molecular formula is C32H34ClFN12O14S4. The number of nitrogens with zero attached hydrogens (tertiary/aromatic N) is 10. The number of aromatic hydroxyl groups is 1. The van der Waals surface area contributed by atoms with Crippen molar-refractivity contribution < 1.29 is 65.7 Å². The van der Waals surface area contributed by atoms with Gasteiger partial charge in [-0.05, 0) is 65.9 Å². The Morgan fingerprint density at radius 1 is 0.875 bits per heavy atom. The van der Waals surface area contributed by atoms with Crippen LogP contribution in [0.25, 0.3) is 10.8 Å². The van der Waals surface area contributed by atoms with Crippen LogP contribution in [0.15, 0.2) is 56.4 Å². The monoisotopic (exact) mass is 992 g/mol. The number of morpholine rings is 1. The van der Waals surface area contributed by atoms with Crippen LogP contribution in [0.4, 0.5) is 50.9 Å². The highest BCUT2D eigenvalue weighted by Crippen LogP contribution is 2.44. The number of rotatable bonds is 17. The lowest BCUT2D eigenvalue weighted by Crippen LogP contribution is -2.37. The second-order valence-corrected chi connectivity index (χ2v) is 20.0. The number of fused-ring (bicyclic) bond motifs is 1. The molecule has 1 aliphatic rings. The summed E-state index contributed by atoms with van der Waals surface area (Å²) in [7, 11) is -17.2. The van der Waals surface area contributed by atoms with Crippen molar-refractivity contribution in [3.63, 3.8) is 0 Å². The van der Waals surface area contributed by atoms with Gasteiger partial charge < -0.3 is 30.3 Å². The zero-order valence-electron chi connectivity index (χ0n) is 32.9. The average Bonchev–Trinajstić information content (AvgIpc) is 3.18. The van der Waals surface area contributed by atoms with Gasteiger partial charge in [-0.2, -0.15) is 59.5 Å². The van der Waals surface area contributed by atoms with E-state index in [-0.39, 0.29) is 63.1 Å². The first kappa shape index (κ1) is 47.8. The molecule has 0 aliphatic carbocycles. The van der Waals surface area contributed by atoms with Gasteiger partial charge in [0.2, 0.25) is 29.1 Å². The molecule has 1 aliphatic heterocycles. The van der Waals surface area contributed by atoms with Gasteiger partial charge in [0.1, 0.15) is 16.3 Å². The summed E-state index contributed by atoms with van der Waals surface area (Å²) < 4.78 is 148. The second kappa shape index (κ2) is 18.8. The van der Waals surface area contributed by atoms with E-state index in [0.717, 1.165) is 24.3 Å². The van der Waals surface area contributed by atoms with Gasteiger partial charge in [-0.3, -0.25) is 13.7 Å². The molecule has 5 aromatic rings. The number of nitrogens with one attached hydrogen (secondary N) is 2. The summed E-state index contributed by atoms with van der Waals surface area (Å²) in [5.74, 6) is -2.79. The molecule has 3 heterocycles. The third-order valence-corrected chi connectivity index (χ3v) is 12.8. The van der Waals surface area contributed by atoms with E-state index in [4.69, 9.17) is 20.9 Å². The van der Waals surface area contributed by atoms with Crippen LogP contribution in [0.3, 0.4) is 0 Å². The smallest absolute Gasteiger partial charge is 0.397 e. The Labute approximate surface area is 368 Å². The molecule has 2 aromatic heterocycles. The summed E-state index contributed by atoms with van der Waals surface area (Å²) in [4.78, 5) is 25.2. The van der Waals surface area contributed by atoms with Crippen molar-refractivity contribution in [2.45, 2.75) is 16.7 Å². The van der Waals surface area contributed by atoms with Crippen molar-refractivity contribution in [3.05, 3.63) is 53.3 Å². The van der Waals surface area contributed by atoms with E-state index in [0.29, 0.717) is 26.3 Å². The first-order valence-corrected chi connectivity index (χ1v) is 24.3. The van der Waals surface area contributed by atoms with Crippen LogP contribution < -0.4 is 20.4 Å². The third-order valence-electron chi connectivity index (χ3n) is 8.84. The molecule has 6 rings (SSSR count). The lowest BCUT2D eigenvalue weighted by molar-refractivity contribution is 0.122. The van der Waals surface area contributed by atoms with Gasteiger partial charge in [0.05, 0.1) is 41.9 Å². The van der Waals surface area contributed by atoms with Gasteiger partial charge >= 0.3 is 16.5 Å². The van der Waals surface area contributed by atoms with Gasteiger partial charge in [-0.1, -0.05) is 0 Å². The molecule has 26 nitrogen and oxygen atoms in total. The lowest BCUT2D eigenvalue weighted by atomic mass is 10.0. The summed E-state index contributed by atoms with van der Waals surface area (Å²) in [5, 5.41) is 24.6. The number of phenols is 1. The molecule has 0 radical (unpaired) electrons. The van der Waals surface area contributed by atoms with Crippen LogP contribution in [-0.2, 0) is 49.4 Å². The number of hydrogen-bond donors (Lipinski definition) is 6. The summed E-state index contributed by atoms with van der Waals surface area (Å²) >= 11 is 6.11. The van der Waals surface area contributed by atoms with E-state index >= 15 is 0 Å². The Bertz CT molecular complexity index is 3110. The number of phenolic OH excluding ortho intramolecular Hbond substituents is 1. The maximum absolute atomic E-state index is 14.7. The second-order valence-electron chi connectivity index (χ2n) is 13.4. The fourth-order valence-electron chi connectivity index (χ4n) is 5.85. The molecule has 1 saturated heterocycles. The molecule has 0 spiro atoms. The minimum absolute atomic E-state index is 0.0206. The van der Waals surface area contributed by atoms with Crippen molar-refractivity contribution >= 4 is 109 Å². The van der Waals surface area contributed by atoms with Crippen molar-refractivity contribution in [3.8, 4) is 5.75 Å². The largest absolute Gasteiger partial charge is 0.505 e. The quantitative estimate of drug-likeness (QED) is 0.0576. The summed E-state index contributed by atoms with van der Waals surface area (Å²) in [5.41, 5.74) is -0.871. The number of benzene rings is 3. The summed E-state index contributed by atoms with van der Waals surface area (Å²) in [6, 6.07) is 6.53. The standard InChI is InChI=1S/C32H34ClFN12O14S4/c1-17-13-18-14-20(62(50,51)52)16-22(36-30-39-28(34)40-32(42-30)46-5-8-59-9-6-46)24(18)26(47)25(17)44-43-21-15-19(3-4-23(21)63(53,54)55)35-29-37-27(33)38-31(41-29)45(2)7-11-61(48,49)12-10-60-64(56,57)58/h3-4,13-16,47H,5-12H2,1-2H3,(H,50,51,52)(H,53,54,55)(H,56,57,58)(H,35,37,38,41)(H,36,39,40,42). The molecule has 0 atom stereocenters. The molecule has 0 saturated carbocycles. The predicted octanol–water partition coefficient (Wildman–Crippen LogP) is 2.92. The lowest BCUT2D eigenvalue weighted by Gasteiger charge is -2.26.